The predicted molar refractivity (Wildman–Crippen MR) is 132 cm³/mol. The molecule has 3 rings (SSSR count). The Hall–Kier alpha value is -2.97. The van der Waals surface area contributed by atoms with E-state index in [9.17, 15) is 19.5 Å². The van der Waals surface area contributed by atoms with Crippen LogP contribution in [0.4, 0.5) is 0 Å². The zero-order chi connectivity index (χ0) is 24.9. The summed E-state index contributed by atoms with van der Waals surface area (Å²) in [5.74, 6) is -0.515. The van der Waals surface area contributed by atoms with Gasteiger partial charge in [0.2, 0.25) is 18.2 Å². The molecule has 2 aromatic carbocycles. The minimum Gasteiger partial charge on any atom is -0.390 e. The van der Waals surface area contributed by atoms with Gasteiger partial charge in [-0.3, -0.25) is 14.4 Å². The number of nitrogens with one attached hydrogen (secondary N) is 2. The SMILES string of the molecule is CC(C)(C)C(=O)N1CCCC1[C@](Cc1ccc2ccccc2c1)(NC=O)C(=O)NCC(O)CN. The number of nitrogens with zero attached hydrogens (tertiary/aromatic N) is 1. The lowest BCUT2D eigenvalue weighted by Gasteiger charge is -2.43. The molecule has 3 amide bonds. The Morgan fingerprint density at radius 2 is 1.91 bits per heavy atom. The van der Waals surface area contributed by atoms with Gasteiger partial charge in [-0.05, 0) is 29.2 Å². The number of aliphatic hydroxyl groups is 1. The Labute approximate surface area is 200 Å². The highest BCUT2D eigenvalue weighted by Crippen LogP contribution is 2.34. The van der Waals surface area contributed by atoms with Crippen molar-refractivity contribution in [3.8, 4) is 0 Å². The second-order valence-corrected chi connectivity index (χ2v) is 10.1. The maximum atomic E-state index is 13.7. The first-order valence-corrected chi connectivity index (χ1v) is 11.8. The molecule has 1 saturated heterocycles. The molecule has 3 atom stereocenters. The number of fused-ring (bicyclic) bond motifs is 1. The van der Waals surface area contributed by atoms with Crippen LogP contribution in [0, 0.1) is 5.41 Å². The van der Waals surface area contributed by atoms with Crippen LogP contribution in [-0.2, 0) is 20.8 Å². The van der Waals surface area contributed by atoms with Crippen LogP contribution in [0.3, 0.4) is 0 Å². The smallest absolute Gasteiger partial charge is 0.248 e. The van der Waals surface area contributed by atoms with Gasteiger partial charge >= 0.3 is 0 Å². The molecule has 184 valence electrons. The third kappa shape index (κ3) is 5.39. The van der Waals surface area contributed by atoms with Gasteiger partial charge in [0.1, 0.15) is 5.54 Å². The van der Waals surface area contributed by atoms with Crippen molar-refractivity contribution in [2.45, 2.75) is 57.7 Å². The van der Waals surface area contributed by atoms with Gasteiger partial charge in [-0.25, -0.2) is 0 Å². The summed E-state index contributed by atoms with van der Waals surface area (Å²) in [6.07, 6.45) is 1.11. The lowest BCUT2D eigenvalue weighted by Crippen LogP contribution is -2.69. The summed E-state index contributed by atoms with van der Waals surface area (Å²) < 4.78 is 0. The summed E-state index contributed by atoms with van der Waals surface area (Å²) in [6.45, 7) is 6.01. The number of aliphatic hydroxyl groups excluding tert-OH is 1. The molecule has 0 radical (unpaired) electrons. The van der Waals surface area contributed by atoms with E-state index in [1.807, 2.05) is 63.2 Å². The first-order valence-electron chi connectivity index (χ1n) is 11.8. The maximum Gasteiger partial charge on any atom is 0.248 e. The van der Waals surface area contributed by atoms with Crippen molar-refractivity contribution in [2.24, 2.45) is 11.1 Å². The highest BCUT2D eigenvalue weighted by Gasteiger charge is 2.52. The lowest BCUT2D eigenvalue weighted by molar-refractivity contribution is -0.145. The van der Waals surface area contributed by atoms with Gasteiger partial charge in [-0.15, -0.1) is 0 Å². The van der Waals surface area contributed by atoms with E-state index in [0.717, 1.165) is 22.8 Å². The quantitative estimate of drug-likeness (QED) is 0.414. The summed E-state index contributed by atoms with van der Waals surface area (Å²) >= 11 is 0. The Bertz CT molecular complexity index is 1030. The predicted octanol–water partition coefficient (Wildman–Crippen LogP) is 1.34. The number of amides is 3. The molecule has 34 heavy (non-hydrogen) atoms. The minimum atomic E-state index is -1.41. The molecule has 1 fully saturated rings. The van der Waals surface area contributed by atoms with Gasteiger partial charge in [0.25, 0.3) is 0 Å². The number of nitrogens with two attached hydrogens (primary N) is 1. The molecule has 1 heterocycles. The largest absolute Gasteiger partial charge is 0.390 e. The zero-order valence-corrected chi connectivity index (χ0v) is 20.2. The highest BCUT2D eigenvalue weighted by molar-refractivity contribution is 5.92. The van der Waals surface area contributed by atoms with Gasteiger partial charge in [0.15, 0.2) is 0 Å². The van der Waals surface area contributed by atoms with Crippen LogP contribution in [0.1, 0.15) is 39.2 Å². The number of carbonyl (C=O) groups excluding carboxylic acids is 3. The van der Waals surface area contributed by atoms with E-state index in [1.165, 1.54) is 0 Å². The van der Waals surface area contributed by atoms with Crippen molar-refractivity contribution in [1.82, 2.24) is 15.5 Å². The van der Waals surface area contributed by atoms with Gasteiger partial charge in [-0.2, -0.15) is 0 Å². The van der Waals surface area contributed by atoms with Gasteiger partial charge in [-0.1, -0.05) is 63.2 Å². The van der Waals surface area contributed by atoms with Crippen molar-refractivity contribution in [2.75, 3.05) is 19.6 Å². The fourth-order valence-corrected chi connectivity index (χ4v) is 4.74. The molecule has 0 aliphatic carbocycles. The molecule has 8 nitrogen and oxygen atoms in total. The number of rotatable bonds is 9. The molecule has 1 aliphatic heterocycles. The molecular formula is C26H36N4O4. The Morgan fingerprint density at radius 3 is 2.56 bits per heavy atom. The van der Waals surface area contributed by atoms with E-state index in [0.29, 0.717) is 19.4 Å². The van der Waals surface area contributed by atoms with Crippen molar-refractivity contribution >= 4 is 29.0 Å². The average molecular weight is 469 g/mol. The van der Waals surface area contributed by atoms with Gasteiger partial charge in [0, 0.05) is 31.5 Å². The molecule has 0 aromatic heterocycles. The fourth-order valence-electron chi connectivity index (χ4n) is 4.74. The monoisotopic (exact) mass is 468 g/mol. The number of carbonyl (C=O) groups is 3. The summed E-state index contributed by atoms with van der Waals surface area (Å²) in [4.78, 5) is 40.7. The molecule has 5 N–H and O–H groups in total. The normalized spacial score (nSPS) is 18.9. The zero-order valence-electron chi connectivity index (χ0n) is 20.2. The molecule has 2 unspecified atom stereocenters. The first kappa shape index (κ1) is 25.6. The number of likely N-dealkylation sites (tertiary alicyclic amines) is 1. The minimum absolute atomic E-state index is 0.00285. The first-order chi connectivity index (χ1) is 16.1. The third-order valence-electron chi connectivity index (χ3n) is 6.51. The topological polar surface area (TPSA) is 125 Å². The highest BCUT2D eigenvalue weighted by atomic mass is 16.3. The van der Waals surface area contributed by atoms with E-state index >= 15 is 0 Å². The van der Waals surface area contributed by atoms with Gasteiger partial charge < -0.3 is 26.4 Å². The van der Waals surface area contributed by atoms with Crippen LogP contribution in [0.25, 0.3) is 10.8 Å². The Kier molecular flexibility index (Phi) is 7.94. The van der Waals surface area contributed by atoms with Crippen molar-refractivity contribution in [1.29, 1.82) is 0 Å². The van der Waals surface area contributed by atoms with Crippen LogP contribution in [0.5, 0.6) is 0 Å². The van der Waals surface area contributed by atoms with Crippen molar-refractivity contribution in [3.63, 3.8) is 0 Å². The molecule has 8 heteroatoms. The number of hydrogen-bond acceptors (Lipinski definition) is 5. The van der Waals surface area contributed by atoms with E-state index in [1.54, 1.807) is 4.90 Å². The van der Waals surface area contributed by atoms with Crippen LogP contribution in [0.2, 0.25) is 0 Å². The second-order valence-electron chi connectivity index (χ2n) is 10.1. The molecule has 0 spiro atoms. The molecular weight excluding hydrogens is 432 g/mol. The van der Waals surface area contributed by atoms with Gasteiger partial charge in [0.05, 0.1) is 12.1 Å². The Balaban J connectivity index is 2.06. The van der Waals surface area contributed by atoms with Crippen molar-refractivity contribution < 1.29 is 19.5 Å². The van der Waals surface area contributed by atoms with E-state index in [-0.39, 0.29) is 25.4 Å². The molecule has 0 bridgehead atoms. The van der Waals surface area contributed by atoms with E-state index in [4.69, 9.17) is 5.73 Å². The second kappa shape index (κ2) is 10.5. The summed E-state index contributed by atoms with van der Waals surface area (Å²) in [6, 6.07) is 13.3. The van der Waals surface area contributed by atoms with Crippen LogP contribution in [0.15, 0.2) is 42.5 Å². The van der Waals surface area contributed by atoms with E-state index in [2.05, 4.69) is 10.6 Å². The average Bonchev–Trinajstić information content (AvgIpc) is 3.31. The number of hydrogen-bond donors (Lipinski definition) is 4. The van der Waals surface area contributed by atoms with E-state index < -0.39 is 29.0 Å². The molecule has 0 saturated carbocycles. The van der Waals surface area contributed by atoms with Crippen LogP contribution >= 0.6 is 0 Å². The lowest BCUT2D eigenvalue weighted by atomic mass is 9.80. The van der Waals surface area contributed by atoms with Crippen LogP contribution in [-0.4, -0.2) is 65.5 Å². The fraction of sp³-hybridized carbons (Fsp3) is 0.500. The number of benzene rings is 2. The summed E-state index contributed by atoms with van der Waals surface area (Å²) in [5.41, 5.74) is 4.33. The van der Waals surface area contributed by atoms with Crippen molar-refractivity contribution in [3.05, 3.63) is 48.0 Å². The maximum absolute atomic E-state index is 13.7. The van der Waals surface area contributed by atoms with Crippen LogP contribution < -0.4 is 16.4 Å². The summed E-state index contributed by atoms with van der Waals surface area (Å²) in [7, 11) is 0. The molecule has 2 aromatic rings. The summed E-state index contributed by atoms with van der Waals surface area (Å²) in [5, 5.41) is 17.6. The Morgan fingerprint density at radius 1 is 1.21 bits per heavy atom. The molecule has 1 aliphatic rings. The standard InChI is InChI=1S/C26H36N4O4/c1-25(2,3)24(34)30-12-6-9-22(30)26(29-17-31,23(33)28-16-21(32)15-27)14-18-10-11-19-7-4-5-8-20(19)13-18/h4-5,7-8,10-11,13,17,21-22,32H,6,9,12,14-16,27H2,1-3H3,(H,28,33)(H,29,31)/t21?,22?,26-/m0/s1. The third-order valence-corrected chi connectivity index (χ3v) is 6.51.